The average molecular weight is 237 g/mol. The molecule has 1 aliphatic carbocycles. The lowest BCUT2D eigenvalue weighted by atomic mass is 10.1. The highest BCUT2D eigenvalue weighted by molar-refractivity contribution is 6.11. The molecule has 5 heteroatoms. The lowest BCUT2D eigenvalue weighted by Crippen LogP contribution is -2.31. The van der Waals surface area contributed by atoms with Gasteiger partial charge in [-0.2, -0.15) is 0 Å². The molecule has 0 bridgehead atoms. The molecule has 0 aliphatic heterocycles. The van der Waals surface area contributed by atoms with Gasteiger partial charge in [0.25, 0.3) is 0 Å². The van der Waals surface area contributed by atoms with Crippen LogP contribution in [-0.2, 0) is 9.59 Å². The van der Waals surface area contributed by atoms with Crippen LogP contribution in [-0.4, -0.2) is 17.0 Å². The van der Waals surface area contributed by atoms with Crippen LogP contribution in [0, 0.1) is 18.2 Å². The Hall–Kier alpha value is -1.91. The number of hydrogen-bond donors (Lipinski definition) is 2. The van der Waals surface area contributed by atoms with Crippen molar-refractivity contribution in [2.45, 2.75) is 19.8 Å². The number of benzene rings is 1. The molecule has 0 spiro atoms. The summed E-state index contributed by atoms with van der Waals surface area (Å²) in [7, 11) is 0. The summed E-state index contributed by atoms with van der Waals surface area (Å²) < 4.78 is 13.5. The van der Waals surface area contributed by atoms with Crippen molar-refractivity contribution in [2.24, 2.45) is 5.41 Å². The van der Waals surface area contributed by atoms with Gasteiger partial charge in [0.2, 0.25) is 5.91 Å². The maximum Gasteiger partial charge on any atom is 0.319 e. The number of carbonyl (C=O) groups excluding carboxylic acids is 1. The zero-order valence-corrected chi connectivity index (χ0v) is 9.29. The van der Waals surface area contributed by atoms with E-state index in [0.717, 1.165) is 0 Å². The second-order valence-electron chi connectivity index (χ2n) is 4.27. The van der Waals surface area contributed by atoms with Crippen molar-refractivity contribution in [3.63, 3.8) is 0 Å². The number of rotatable bonds is 3. The number of aliphatic carboxylic acids is 1. The highest BCUT2D eigenvalue weighted by Gasteiger charge is 2.57. The van der Waals surface area contributed by atoms with Gasteiger partial charge in [0.05, 0.1) is 5.69 Å². The van der Waals surface area contributed by atoms with E-state index in [9.17, 15) is 14.0 Å². The minimum Gasteiger partial charge on any atom is -0.480 e. The lowest BCUT2D eigenvalue weighted by Gasteiger charge is -2.13. The Morgan fingerprint density at radius 2 is 2.06 bits per heavy atom. The highest BCUT2D eigenvalue weighted by atomic mass is 19.1. The number of amides is 1. The Balaban J connectivity index is 2.23. The highest BCUT2D eigenvalue weighted by Crippen LogP contribution is 2.47. The molecule has 1 amide bonds. The topological polar surface area (TPSA) is 66.4 Å². The maximum atomic E-state index is 13.5. The van der Waals surface area contributed by atoms with E-state index in [1.165, 1.54) is 12.1 Å². The Kier molecular flexibility index (Phi) is 2.61. The van der Waals surface area contributed by atoms with Gasteiger partial charge in [-0.25, -0.2) is 4.39 Å². The lowest BCUT2D eigenvalue weighted by molar-refractivity contribution is -0.147. The smallest absolute Gasteiger partial charge is 0.319 e. The molecule has 2 N–H and O–H groups in total. The SMILES string of the molecule is Cc1cccc(F)c1NC(=O)C1(C(=O)O)CC1. The van der Waals surface area contributed by atoms with Crippen molar-refractivity contribution in [3.8, 4) is 0 Å². The molecule has 2 rings (SSSR count). The van der Waals surface area contributed by atoms with Crippen LogP contribution in [0.5, 0.6) is 0 Å². The van der Waals surface area contributed by atoms with Gasteiger partial charge in [-0.3, -0.25) is 9.59 Å². The van der Waals surface area contributed by atoms with Crippen LogP contribution in [0.4, 0.5) is 10.1 Å². The second kappa shape index (κ2) is 3.84. The van der Waals surface area contributed by atoms with E-state index in [0.29, 0.717) is 18.4 Å². The molecule has 0 saturated heterocycles. The third-order valence-corrected chi connectivity index (χ3v) is 3.05. The summed E-state index contributed by atoms with van der Waals surface area (Å²) in [6.45, 7) is 1.65. The summed E-state index contributed by atoms with van der Waals surface area (Å²) in [6, 6.07) is 4.41. The molecule has 4 nitrogen and oxygen atoms in total. The van der Waals surface area contributed by atoms with Crippen LogP contribution in [0.1, 0.15) is 18.4 Å². The fraction of sp³-hybridized carbons (Fsp3) is 0.333. The first kappa shape index (κ1) is 11.6. The fourth-order valence-electron chi connectivity index (χ4n) is 1.69. The van der Waals surface area contributed by atoms with E-state index in [4.69, 9.17) is 5.11 Å². The molecule has 1 aromatic carbocycles. The molecule has 1 aliphatic rings. The summed E-state index contributed by atoms with van der Waals surface area (Å²) in [5.41, 5.74) is -0.723. The van der Waals surface area contributed by atoms with Crippen molar-refractivity contribution in [2.75, 3.05) is 5.32 Å². The molecule has 0 atom stereocenters. The van der Waals surface area contributed by atoms with Crippen LogP contribution >= 0.6 is 0 Å². The average Bonchev–Trinajstić information content (AvgIpc) is 3.04. The number of carboxylic acids is 1. The van der Waals surface area contributed by atoms with E-state index in [-0.39, 0.29) is 5.69 Å². The first-order chi connectivity index (χ1) is 7.97. The van der Waals surface area contributed by atoms with Crippen molar-refractivity contribution < 1.29 is 19.1 Å². The number of anilines is 1. The normalized spacial score (nSPS) is 16.4. The number of nitrogens with one attached hydrogen (secondary N) is 1. The summed E-state index contributed by atoms with van der Waals surface area (Å²) in [5.74, 6) is -2.35. The standard InChI is InChI=1S/C12H12FNO3/c1-7-3-2-4-8(13)9(7)14-10(15)12(5-6-12)11(16)17/h2-4H,5-6H2,1H3,(H,14,15)(H,16,17). The molecule has 17 heavy (non-hydrogen) atoms. The zero-order chi connectivity index (χ0) is 12.6. The summed E-state index contributed by atoms with van der Waals surface area (Å²) in [4.78, 5) is 22.7. The van der Waals surface area contributed by atoms with Crippen molar-refractivity contribution in [1.82, 2.24) is 0 Å². The molecule has 0 radical (unpaired) electrons. The van der Waals surface area contributed by atoms with E-state index in [1.54, 1.807) is 13.0 Å². The summed E-state index contributed by atoms with van der Waals surface area (Å²) in [6.07, 6.45) is 0.614. The molecule has 0 heterocycles. The van der Waals surface area contributed by atoms with Crippen LogP contribution in [0.2, 0.25) is 0 Å². The molecule has 1 saturated carbocycles. The van der Waals surface area contributed by atoms with E-state index < -0.39 is 23.1 Å². The van der Waals surface area contributed by atoms with Gasteiger partial charge in [0.1, 0.15) is 11.2 Å². The number of para-hydroxylation sites is 1. The van der Waals surface area contributed by atoms with Crippen LogP contribution in [0.15, 0.2) is 18.2 Å². The van der Waals surface area contributed by atoms with Crippen molar-refractivity contribution in [3.05, 3.63) is 29.6 Å². The zero-order valence-electron chi connectivity index (χ0n) is 9.29. The van der Waals surface area contributed by atoms with Crippen LogP contribution < -0.4 is 5.32 Å². The maximum absolute atomic E-state index is 13.5. The third-order valence-electron chi connectivity index (χ3n) is 3.05. The van der Waals surface area contributed by atoms with E-state index in [2.05, 4.69) is 5.32 Å². The molecule has 90 valence electrons. The number of halogens is 1. The Bertz CT molecular complexity index is 474. The molecule has 1 aromatic rings. The minimum atomic E-state index is -1.35. The van der Waals surface area contributed by atoms with Gasteiger partial charge in [-0.1, -0.05) is 12.1 Å². The molecular weight excluding hydrogens is 225 g/mol. The first-order valence-corrected chi connectivity index (χ1v) is 5.27. The third kappa shape index (κ3) is 1.88. The van der Waals surface area contributed by atoms with Gasteiger partial charge in [0.15, 0.2) is 0 Å². The van der Waals surface area contributed by atoms with Gasteiger partial charge in [-0.15, -0.1) is 0 Å². The predicted molar refractivity (Wildman–Crippen MR) is 59.1 cm³/mol. The second-order valence-corrected chi connectivity index (χ2v) is 4.27. The number of carboxylic acid groups (broad SMARTS) is 1. The summed E-state index contributed by atoms with van der Waals surface area (Å²) >= 11 is 0. The summed E-state index contributed by atoms with van der Waals surface area (Å²) in [5, 5.41) is 11.3. The van der Waals surface area contributed by atoms with Crippen LogP contribution in [0.25, 0.3) is 0 Å². The fourth-order valence-corrected chi connectivity index (χ4v) is 1.69. The minimum absolute atomic E-state index is 0.0602. The first-order valence-electron chi connectivity index (χ1n) is 5.27. The Morgan fingerprint density at radius 1 is 1.41 bits per heavy atom. The van der Waals surface area contributed by atoms with Crippen LogP contribution in [0.3, 0.4) is 0 Å². The quantitative estimate of drug-likeness (QED) is 0.789. The van der Waals surface area contributed by atoms with Gasteiger partial charge in [-0.05, 0) is 31.4 Å². The molecule has 1 fully saturated rings. The van der Waals surface area contributed by atoms with Gasteiger partial charge in [0, 0.05) is 0 Å². The number of hydrogen-bond acceptors (Lipinski definition) is 2. The molecule has 0 unspecified atom stereocenters. The number of aryl methyl sites for hydroxylation is 1. The van der Waals surface area contributed by atoms with Crippen molar-refractivity contribution >= 4 is 17.6 Å². The van der Waals surface area contributed by atoms with Gasteiger partial charge >= 0.3 is 5.97 Å². The predicted octanol–water partition coefficient (Wildman–Crippen LogP) is 1.94. The van der Waals surface area contributed by atoms with E-state index in [1.807, 2.05) is 0 Å². The monoisotopic (exact) mass is 237 g/mol. The Morgan fingerprint density at radius 3 is 2.53 bits per heavy atom. The molecule has 0 aromatic heterocycles. The largest absolute Gasteiger partial charge is 0.480 e. The molecular formula is C12H12FNO3. The van der Waals surface area contributed by atoms with Crippen molar-refractivity contribution in [1.29, 1.82) is 0 Å². The van der Waals surface area contributed by atoms with Gasteiger partial charge < -0.3 is 10.4 Å². The number of carbonyl (C=O) groups is 2. The van der Waals surface area contributed by atoms with E-state index >= 15 is 0 Å². The Labute approximate surface area is 97.4 Å².